The summed E-state index contributed by atoms with van der Waals surface area (Å²) in [7, 11) is 0. The third-order valence-corrected chi connectivity index (χ3v) is 6.70. The maximum Gasteiger partial charge on any atom is 0.262 e. The quantitative estimate of drug-likeness (QED) is 0.608. The highest BCUT2D eigenvalue weighted by molar-refractivity contribution is 7.12. The molecule has 3 rings (SSSR count). The van der Waals surface area contributed by atoms with Crippen LogP contribution in [-0.2, 0) is 16.0 Å². The summed E-state index contributed by atoms with van der Waals surface area (Å²) in [5.74, 6) is 0.125. The van der Waals surface area contributed by atoms with Crippen molar-refractivity contribution in [3.05, 3.63) is 58.3 Å². The Morgan fingerprint density at radius 2 is 1.78 bits per heavy atom. The lowest BCUT2D eigenvalue weighted by atomic mass is 9.88. The molecule has 0 unspecified atom stereocenters. The number of likely N-dealkylation sites (tertiary alicyclic amines) is 1. The number of carbonyl (C=O) groups is 3. The third kappa shape index (κ3) is 6.92. The first-order valence-electron chi connectivity index (χ1n) is 11.4. The number of nitrogens with zero attached hydrogens (tertiary/aromatic N) is 1. The third-order valence-electron chi connectivity index (χ3n) is 5.83. The van der Waals surface area contributed by atoms with Crippen molar-refractivity contribution in [1.29, 1.82) is 0 Å². The summed E-state index contributed by atoms with van der Waals surface area (Å²) < 4.78 is 0. The van der Waals surface area contributed by atoms with Crippen LogP contribution in [0.4, 0.5) is 0 Å². The average Bonchev–Trinajstić information content (AvgIpc) is 3.35. The molecule has 1 saturated heterocycles. The van der Waals surface area contributed by atoms with Gasteiger partial charge in [0.15, 0.2) is 0 Å². The standard InChI is InChI=1S/C25H33N3O3S/c1-18(2)17-26-25(31)23(27-24(30)21-9-6-16-32-21)20-12-14-28(15-13-20)22(29)11-10-19-7-4-3-5-8-19/h3-9,16,18,20,23H,10-15,17H2,1-2H3,(H,26,31)(H,27,30)/t23-/m0/s1. The van der Waals surface area contributed by atoms with Gasteiger partial charge in [-0.2, -0.15) is 0 Å². The number of carbonyl (C=O) groups excluding carboxylic acids is 3. The maximum atomic E-state index is 12.9. The first kappa shape index (κ1) is 24.0. The van der Waals surface area contributed by atoms with E-state index in [4.69, 9.17) is 0 Å². The number of thiophene rings is 1. The molecule has 2 heterocycles. The minimum atomic E-state index is -0.593. The molecule has 0 saturated carbocycles. The molecule has 0 radical (unpaired) electrons. The Hall–Kier alpha value is -2.67. The molecule has 2 N–H and O–H groups in total. The molecule has 1 aromatic heterocycles. The van der Waals surface area contributed by atoms with Crippen molar-refractivity contribution in [2.45, 2.75) is 45.6 Å². The number of aryl methyl sites for hydroxylation is 1. The van der Waals surface area contributed by atoms with Gasteiger partial charge < -0.3 is 15.5 Å². The Morgan fingerprint density at radius 1 is 1.06 bits per heavy atom. The van der Waals surface area contributed by atoms with Crippen molar-refractivity contribution in [1.82, 2.24) is 15.5 Å². The van der Waals surface area contributed by atoms with E-state index in [1.165, 1.54) is 11.3 Å². The van der Waals surface area contributed by atoms with Gasteiger partial charge in [-0.05, 0) is 48.1 Å². The van der Waals surface area contributed by atoms with Gasteiger partial charge in [0.1, 0.15) is 6.04 Å². The Kier molecular flexibility index (Phi) is 8.85. The predicted molar refractivity (Wildman–Crippen MR) is 127 cm³/mol. The van der Waals surface area contributed by atoms with E-state index in [-0.39, 0.29) is 23.6 Å². The summed E-state index contributed by atoms with van der Waals surface area (Å²) in [5.41, 5.74) is 1.16. The first-order chi connectivity index (χ1) is 15.4. The van der Waals surface area contributed by atoms with E-state index in [0.717, 1.165) is 12.0 Å². The van der Waals surface area contributed by atoms with Gasteiger partial charge in [-0.1, -0.05) is 50.2 Å². The van der Waals surface area contributed by atoms with Gasteiger partial charge in [0.25, 0.3) is 5.91 Å². The maximum absolute atomic E-state index is 12.9. The average molecular weight is 456 g/mol. The van der Waals surface area contributed by atoms with Crippen molar-refractivity contribution in [3.8, 4) is 0 Å². The summed E-state index contributed by atoms with van der Waals surface area (Å²) in [6.07, 6.45) is 2.61. The van der Waals surface area contributed by atoms with Crippen molar-refractivity contribution >= 4 is 29.1 Å². The molecule has 1 aromatic carbocycles. The molecule has 0 bridgehead atoms. The summed E-state index contributed by atoms with van der Waals surface area (Å²) in [6, 6.07) is 13.0. The van der Waals surface area contributed by atoms with Crippen molar-refractivity contribution in [3.63, 3.8) is 0 Å². The van der Waals surface area contributed by atoms with Crippen LogP contribution in [0.1, 0.15) is 48.3 Å². The number of benzene rings is 1. The highest BCUT2D eigenvalue weighted by Gasteiger charge is 2.34. The van der Waals surface area contributed by atoms with Crippen LogP contribution in [0, 0.1) is 11.8 Å². The Morgan fingerprint density at radius 3 is 2.41 bits per heavy atom. The fourth-order valence-electron chi connectivity index (χ4n) is 3.97. The minimum absolute atomic E-state index is 0.00393. The van der Waals surface area contributed by atoms with Crippen LogP contribution in [0.15, 0.2) is 47.8 Å². The van der Waals surface area contributed by atoms with Crippen molar-refractivity contribution in [2.24, 2.45) is 11.8 Å². The number of hydrogen-bond acceptors (Lipinski definition) is 4. The Bertz CT molecular complexity index is 875. The number of rotatable bonds is 9. The highest BCUT2D eigenvalue weighted by Crippen LogP contribution is 2.23. The smallest absolute Gasteiger partial charge is 0.262 e. The van der Waals surface area contributed by atoms with E-state index in [1.807, 2.05) is 60.5 Å². The van der Waals surface area contributed by atoms with Gasteiger partial charge in [-0.25, -0.2) is 0 Å². The van der Waals surface area contributed by atoms with Gasteiger partial charge in [-0.15, -0.1) is 11.3 Å². The zero-order chi connectivity index (χ0) is 22.9. The first-order valence-corrected chi connectivity index (χ1v) is 12.3. The second kappa shape index (κ2) is 11.8. The zero-order valence-corrected chi connectivity index (χ0v) is 19.7. The number of hydrogen-bond donors (Lipinski definition) is 2. The van der Waals surface area contributed by atoms with E-state index in [9.17, 15) is 14.4 Å². The van der Waals surface area contributed by atoms with E-state index < -0.39 is 6.04 Å². The number of nitrogens with one attached hydrogen (secondary N) is 2. The molecule has 32 heavy (non-hydrogen) atoms. The summed E-state index contributed by atoms with van der Waals surface area (Å²) in [5, 5.41) is 7.78. The lowest BCUT2D eigenvalue weighted by molar-refractivity contribution is -0.133. The molecule has 1 atom stereocenters. The number of piperidine rings is 1. The lowest BCUT2D eigenvalue weighted by Crippen LogP contribution is -2.54. The Balaban J connectivity index is 1.56. The summed E-state index contributed by atoms with van der Waals surface area (Å²) >= 11 is 1.36. The van der Waals surface area contributed by atoms with Gasteiger partial charge in [0.05, 0.1) is 4.88 Å². The second-order valence-corrected chi connectivity index (χ2v) is 9.72. The van der Waals surface area contributed by atoms with Crippen LogP contribution >= 0.6 is 11.3 Å². The Labute approximate surface area is 194 Å². The highest BCUT2D eigenvalue weighted by atomic mass is 32.1. The van der Waals surface area contributed by atoms with Crippen molar-refractivity contribution < 1.29 is 14.4 Å². The summed E-state index contributed by atoms with van der Waals surface area (Å²) in [6.45, 7) is 5.88. The van der Waals surface area contributed by atoms with Gasteiger partial charge >= 0.3 is 0 Å². The predicted octanol–water partition coefficient (Wildman–Crippen LogP) is 3.49. The fraction of sp³-hybridized carbons (Fsp3) is 0.480. The van der Waals surface area contributed by atoms with Crippen LogP contribution in [-0.4, -0.2) is 48.3 Å². The monoisotopic (exact) mass is 455 g/mol. The van der Waals surface area contributed by atoms with E-state index in [0.29, 0.717) is 49.7 Å². The van der Waals surface area contributed by atoms with Crippen molar-refractivity contribution in [2.75, 3.05) is 19.6 Å². The largest absolute Gasteiger partial charge is 0.354 e. The van der Waals surface area contributed by atoms with Gasteiger partial charge in [0.2, 0.25) is 11.8 Å². The molecule has 172 valence electrons. The van der Waals surface area contributed by atoms with Crippen LogP contribution in [0.3, 0.4) is 0 Å². The molecule has 3 amide bonds. The van der Waals surface area contributed by atoms with Gasteiger partial charge in [-0.3, -0.25) is 14.4 Å². The molecule has 0 aliphatic carbocycles. The zero-order valence-electron chi connectivity index (χ0n) is 18.9. The van der Waals surface area contributed by atoms with Crippen LogP contribution in [0.25, 0.3) is 0 Å². The molecule has 1 aliphatic rings. The molecule has 1 fully saturated rings. The molecular weight excluding hydrogens is 422 g/mol. The molecule has 2 aromatic rings. The van der Waals surface area contributed by atoms with Gasteiger partial charge in [0, 0.05) is 26.1 Å². The van der Waals surface area contributed by atoms with E-state index in [1.54, 1.807) is 6.07 Å². The topological polar surface area (TPSA) is 78.5 Å². The SMILES string of the molecule is CC(C)CNC(=O)[C@@H](NC(=O)c1cccs1)C1CCN(C(=O)CCc2ccccc2)CC1. The summed E-state index contributed by atoms with van der Waals surface area (Å²) in [4.78, 5) is 40.7. The van der Waals surface area contributed by atoms with E-state index >= 15 is 0 Å². The lowest BCUT2D eigenvalue weighted by Gasteiger charge is -2.36. The number of amides is 3. The molecule has 1 aliphatic heterocycles. The fourth-order valence-corrected chi connectivity index (χ4v) is 4.60. The second-order valence-electron chi connectivity index (χ2n) is 8.77. The minimum Gasteiger partial charge on any atom is -0.354 e. The van der Waals surface area contributed by atoms with E-state index in [2.05, 4.69) is 10.6 Å². The van der Waals surface area contributed by atoms with Crippen LogP contribution in [0.5, 0.6) is 0 Å². The normalized spacial score (nSPS) is 15.4. The molecular formula is C25H33N3O3S. The molecule has 7 heteroatoms. The van der Waals surface area contributed by atoms with Crippen LogP contribution < -0.4 is 10.6 Å². The van der Waals surface area contributed by atoms with Crippen LogP contribution in [0.2, 0.25) is 0 Å². The molecule has 0 spiro atoms. The molecule has 6 nitrogen and oxygen atoms in total.